The fraction of sp³-hybridized carbons (Fsp3) is 0.500. The quantitative estimate of drug-likeness (QED) is 0.854. The number of benzene rings is 1. The SMILES string of the molecule is CC1CC(C)CN(c2ccc(C(=O)O)cc2)C1. The first kappa shape index (κ1) is 12.0. The van der Waals surface area contributed by atoms with Crippen LogP contribution < -0.4 is 4.90 Å². The molecule has 3 heteroatoms. The smallest absolute Gasteiger partial charge is 0.335 e. The van der Waals surface area contributed by atoms with Crippen LogP contribution in [-0.4, -0.2) is 24.2 Å². The van der Waals surface area contributed by atoms with E-state index in [1.54, 1.807) is 12.1 Å². The highest BCUT2D eigenvalue weighted by Gasteiger charge is 2.21. The van der Waals surface area contributed by atoms with Crippen LogP contribution in [0.4, 0.5) is 5.69 Å². The molecule has 1 fully saturated rings. The number of carboxylic acids is 1. The summed E-state index contributed by atoms with van der Waals surface area (Å²) in [6, 6.07) is 7.19. The fourth-order valence-electron chi connectivity index (χ4n) is 2.69. The van der Waals surface area contributed by atoms with Crippen LogP contribution in [0.1, 0.15) is 30.6 Å². The van der Waals surface area contributed by atoms with Crippen LogP contribution in [0.2, 0.25) is 0 Å². The number of hydrogen-bond acceptors (Lipinski definition) is 2. The molecule has 92 valence electrons. The van der Waals surface area contributed by atoms with E-state index in [4.69, 9.17) is 5.11 Å². The summed E-state index contributed by atoms with van der Waals surface area (Å²) in [4.78, 5) is 13.1. The van der Waals surface area contributed by atoms with E-state index in [9.17, 15) is 4.79 Å². The Morgan fingerprint density at radius 1 is 1.18 bits per heavy atom. The molecule has 1 aliphatic rings. The summed E-state index contributed by atoms with van der Waals surface area (Å²) in [5, 5.41) is 8.86. The Morgan fingerprint density at radius 3 is 2.18 bits per heavy atom. The molecular weight excluding hydrogens is 214 g/mol. The van der Waals surface area contributed by atoms with Gasteiger partial charge in [-0.1, -0.05) is 13.8 Å². The van der Waals surface area contributed by atoms with Crippen molar-refractivity contribution in [2.24, 2.45) is 11.8 Å². The van der Waals surface area contributed by atoms with Crippen molar-refractivity contribution < 1.29 is 9.90 Å². The molecule has 0 bridgehead atoms. The van der Waals surface area contributed by atoms with Crippen molar-refractivity contribution >= 4 is 11.7 Å². The molecule has 0 amide bonds. The van der Waals surface area contributed by atoms with Crippen LogP contribution in [0.15, 0.2) is 24.3 Å². The van der Waals surface area contributed by atoms with E-state index in [0.717, 1.165) is 18.8 Å². The van der Waals surface area contributed by atoms with Crippen LogP contribution in [0.25, 0.3) is 0 Å². The summed E-state index contributed by atoms with van der Waals surface area (Å²) < 4.78 is 0. The minimum atomic E-state index is -0.864. The molecule has 2 unspecified atom stereocenters. The third-order valence-electron chi connectivity index (χ3n) is 3.35. The average molecular weight is 233 g/mol. The van der Waals surface area contributed by atoms with Crippen molar-refractivity contribution in [1.29, 1.82) is 0 Å². The minimum Gasteiger partial charge on any atom is -0.478 e. The van der Waals surface area contributed by atoms with Gasteiger partial charge >= 0.3 is 5.97 Å². The van der Waals surface area contributed by atoms with Gasteiger partial charge in [0.05, 0.1) is 5.56 Å². The Kier molecular flexibility index (Phi) is 3.36. The summed E-state index contributed by atoms with van der Waals surface area (Å²) in [5.74, 6) is 0.549. The first-order valence-corrected chi connectivity index (χ1v) is 6.14. The molecule has 3 nitrogen and oxygen atoms in total. The van der Waals surface area contributed by atoms with Gasteiger partial charge in [-0.25, -0.2) is 4.79 Å². The van der Waals surface area contributed by atoms with Gasteiger partial charge in [-0.05, 0) is 42.5 Å². The molecule has 1 aromatic carbocycles. The molecule has 0 saturated carbocycles. The highest BCUT2D eigenvalue weighted by molar-refractivity contribution is 5.88. The predicted octanol–water partition coefficient (Wildman–Crippen LogP) is 2.87. The zero-order chi connectivity index (χ0) is 12.4. The van der Waals surface area contributed by atoms with Crippen LogP contribution in [0.5, 0.6) is 0 Å². The molecule has 1 aliphatic heterocycles. The second-order valence-electron chi connectivity index (χ2n) is 5.20. The number of hydrogen-bond donors (Lipinski definition) is 1. The number of nitrogens with zero attached hydrogens (tertiary/aromatic N) is 1. The van der Waals surface area contributed by atoms with Crippen LogP contribution in [-0.2, 0) is 0 Å². The van der Waals surface area contributed by atoms with Gasteiger partial charge in [0.1, 0.15) is 0 Å². The molecule has 1 N–H and O–H groups in total. The van der Waals surface area contributed by atoms with Gasteiger partial charge in [0.25, 0.3) is 0 Å². The zero-order valence-electron chi connectivity index (χ0n) is 10.4. The summed E-state index contributed by atoms with van der Waals surface area (Å²) in [6.45, 7) is 6.68. The Labute approximate surface area is 102 Å². The molecule has 1 heterocycles. The summed E-state index contributed by atoms with van der Waals surface area (Å²) >= 11 is 0. The highest BCUT2D eigenvalue weighted by atomic mass is 16.4. The van der Waals surface area contributed by atoms with E-state index >= 15 is 0 Å². The molecule has 0 aromatic heterocycles. The molecule has 0 spiro atoms. The lowest BCUT2D eigenvalue weighted by Gasteiger charge is -2.36. The van der Waals surface area contributed by atoms with Crippen LogP contribution in [0.3, 0.4) is 0 Å². The van der Waals surface area contributed by atoms with E-state index in [1.165, 1.54) is 6.42 Å². The summed E-state index contributed by atoms with van der Waals surface area (Å²) in [7, 11) is 0. The van der Waals surface area contributed by atoms with Crippen molar-refractivity contribution in [3.63, 3.8) is 0 Å². The van der Waals surface area contributed by atoms with Gasteiger partial charge in [0.15, 0.2) is 0 Å². The number of carbonyl (C=O) groups is 1. The Hall–Kier alpha value is -1.51. The number of carboxylic acid groups (broad SMARTS) is 1. The molecular formula is C14H19NO2. The number of piperidine rings is 1. The van der Waals surface area contributed by atoms with E-state index in [1.807, 2.05) is 12.1 Å². The molecule has 1 saturated heterocycles. The van der Waals surface area contributed by atoms with E-state index in [-0.39, 0.29) is 0 Å². The molecule has 0 radical (unpaired) electrons. The third-order valence-corrected chi connectivity index (χ3v) is 3.35. The second-order valence-corrected chi connectivity index (χ2v) is 5.20. The van der Waals surface area contributed by atoms with Gasteiger partial charge in [0, 0.05) is 18.8 Å². The van der Waals surface area contributed by atoms with E-state index in [0.29, 0.717) is 17.4 Å². The monoisotopic (exact) mass is 233 g/mol. The fourth-order valence-corrected chi connectivity index (χ4v) is 2.69. The minimum absolute atomic E-state index is 0.354. The van der Waals surface area contributed by atoms with E-state index in [2.05, 4.69) is 18.7 Å². The summed E-state index contributed by atoms with van der Waals surface area (Å²) in [5.41, 5.74) is 1.49. The Morgan fingerprint density at radius 2 is 1.71 bits per heavy atom. The standard InChI is InChI=1S/C14H19NO2/c1-10-7-11(2)9-15(8-10)13-5-3-12(4-6-13)14(16)17/h3-6,10-11H,7-9H2,1-2H3,(H,16,17). The molecule has 2 rings (SSSR count). The number of aromatic carboxylic acids is 1. The Bertz CT molecular complexity index is 389. The van der Waals surface area contributed by atoms with Gasteiger partial charge < -0.3 is 10.0 Å². The lowest BCUT2D eigenvalue weighted by Crippen LogP contribution is -2.38. The first-order chi connectivity index (χ1) is 8.06. The topological polar surface area (TPSA) is 40.5 Å². The maximum Gasteiger partial charge on any atom is 0.335 e. The maximum absolute atomic E-state index is 10.8. The van der Waals surface area contributed by atoms with Gasteiger partial charge in [-0.2, -0.15) is 0 Å². The van der Waals surface area contributed by atoms with Crippen molar-refractivity contribution in [1.82, 2.24) is 0 Å². The van der Waals surface area contributed by atoms with Gasteiger partial charge in [0.2, 0.25) is 0 Å². The van der Waals surface area contributed by atoms with Crippen molar-refractivity contribution in [3.05, 3.63) is 29.8 Å². The molecule has 1 aromatic rings. The zero-order valence-corrected chi connectivity index (χ0v) is 10.4. The normalized spacial score (nSPS) is 24.7. The third kappa shape index (κ3) is 2.78. The molecule has 17 heavy (non-hydrogen) atoms. The lowest BCUT2D eigenvalue weighted by atomic mass is 9.91. The molecule has 0 aliphatic carbocycles. The second kappa shape index (κ2) is 4.78. The largest absolute Gasteiger partial charge is 0.478 e. The van der Waals surface area contributed by atoms with Crippen molar-refractivity contribution in [2.45, 2.75) is 20.3 Å². The number of anilines is 1. The first-order valence-electron chi connectivity index (χ1n) is 6.14. The average Bonchev–Trinajstić information content (AvgIpc) is 2.28. The maximum atomic E-state index is 10.8. The van der Waals surface area contributed by atoms with Crippen molar-refractivity contribution in [3.8, 4) is 0 Å². The molecule has 2 atom stereocenters. The lowest BCUT2D eigenvalue weighted by molar-refractivity contribution is 0.0697. The summed E-state index contributed by atoms with van der Waals surface area (Å²) in [6.07, 6.45) is 1.28. The van der Waals surface area contributed by atoms with Gasteiger partial charge in [-0.3, -0.25) is 0 Å². The van der Waals surface area contributed by atoms with E-state index < -0.39 is 5.97 Å². The number of rotatable bonds is 2. The predicted molar refractivity (Wildman–Crippen MR) is 68.6 cm³/mol. The van der Waals surface area contributed by atoms with Crippen LogP contribution in [0, 0.1) is 11.8 Å². The van der Waals surface area contributed by atoms with Crippen LogP contribution >= 0.6 is 0 Å². The highest BCUT2D eigenvalue weighted by Crippen LogP contribution is 2.26. The van der Waals surface area contributed by atoms with Gasteiger partial charge in [-0.15, -0.1) is 0 Å². The van der Waals surface area contributed by atoms with Crippen molar-refractivity contribution in [2.75, 3.05) is 18.0 Å². The Balaban J connectivity index is 2.14.